The van der Waals surface area contributed by atoms with Crippen LogP contribution in [0.2, 0.25) is 0 Å². The van der Waals surface area contributed by atoms with Crippen molar-refractivity contribution >= 4 is 22.4 Å². The molecule has 0 spiro atoms. The molecular formula is C9H15N3OS. The summed E-state index contributed by atoms with van der Waals surface area (Å²) in [4.78, 5) is 11.3. The van der Waals surface area contributed by atoms with Gasteiger partial charge in [0.05, 0.1) is 0 Å². The lowest BCUT2D eigenvalue weighted by molar-refractivity contribution is -0.118. The van der Waals surface area contributed by atoms with Gasteiger partial charge >= 0.3 is 0 Å². The van der Waals surface area contributed by atoms with E-state index < -0.39 is 0 Å². The first-order valence-electron chi connectivity index (χ1n) is 4.65. The molecule has 1 aromatic heterocycles. The molecule has 0 bridgehead atoms. The second-order valence-electron chi connectivity index (χ2n) is 3.74. The van der Waals surface area contributed by atoms with E-state index >= 15 is 0 Å². The molecule has 0 aliphatic carbocycles. The van der Waals surface area contributed by atoms with Gasteiger partial charge < -0.3 is 5.32 Å². The topological polar surface area (TPSA) is 54.9 Å². The molecule has 78 valence electrons. The predicted molar refractivity (Wildman–Crippen MR) is 57.5 cm³/mol. The Morgan fingerprint density at radius 3 is 2.36 bits per heavy atom. The molecule has 0 aliphatic rings. The Bertz CT molecular complexity index is 320. The smallest absolute Gasteiger partial charge is 0.228 e. The normalized spacial score (nSPS) is 11.0. The number of nitrogens with zero attached hydrogens (tertiary/aromatic N) is 2. The molecule has 5 heteroatoms. The molecule has 4 nitrogen and oxygen atoms in total. The van der Waals surface area contributed by atoms with E-state index in [4.69, 9.17) is 0 Å². The number of carbonyl (C=O) groups excluding carboxylic acids is 1. The molecule has 1 aromatic rings. The van der Waals surface area contributed by atoms with Gasteiger partial charge in [0.15, 0.2) is 0 Å². The lowest BCUT2D eigenvalue weighted by Gasteiger charge is -2.02. The Morgan fingerprint density at radius 1 is 1.29 bits per heavy atom. The highest BCUT2D eigenvalue weighted by molar-refractivity contribution is 7.15. The molecule has 0 aliphatic heterocycles. The number of hydrogen-bond acceptors (Lipinski definition) is 4. The van der Waals surface area contributed by atoms with Gasteiger partial charge in [0.2, 0.25) is 11.0 Å². The van der Waals surface area contributed by atoms with Gasteiger partial charge in [0.25, 0.3) is 0 Å². The van der Waals surface area contributed by atoms with Gasteiger partial charge in [-0.3, -0.25) is 4.79 Å². The molecule has 0 saturated carbocycles. The summed E-state index contributed by atoms with van der Waals surface area (Å²) in [5.74, 6) is 0.315. The van der Waals surface area contributed by atoms with Crippen molar-refractivity contribution in [2.24, 2.45) is 5.92 Å². The molecule has 0 radical (unpaired) electrons. The van der Waals surface area contributed by atoms with E-state index in [1.807, 2.05) is 13.8 Å². The number of hydrogen-bond donors (Lipinski definition) is 1. The van der Waals surface area contributed by atoms with Crippen LogP contribution < -0.4 is 5.32 Å². The van der Waals surface area contributed by atoms with E-state index in [-0.39, 0.29) is 11.8 Å². The Morgan fingerprint density at radius 2 is 1.93 bits per heavy atom. The minimum atomic E-state index is -0.0265. The van der Waals surface area contributed by atoms with Gasteiger partial charge in [0, 0.05) is 11.8 Å². The van der Waals surface area contributed by atoms with Crippen LogP contribution in [0.5, 0.6) is 0 Å². The fourth-order valence-electron chi connectivity index (χ4n) is 0.768. The van der Waals surface area contributed by atoms with Gasteiger partial charge in [-0.2, -0.15) is 0 Å². The first-order chi connectivity index (χ1) is 6.50. The highest BCUT2D eigenvalue weighted by atomic mass is 32.1. The standard InChI is InChI=1S/C9H15N3OS/c1-5(2)7(13)10-9-12-11-8(14-9)6(3)4/h5-6H,1-4H3,(H,10,12,13). The summed E-state index contributed by atoms with van der Waals surface area (Å²) < 4.78 is 0. The van der Waals surface area contributed by atoms with E-state index in [0.29, 0.717) is 11.0 Å². The van der Waals surface area contributed by atoms with Gasteiger partial charge in [-0.05, 0) is 0 Å². The Balaban J connectivity index is 2.64. The van der Waals surface area contributed by atoms with Crippen LogP contribution in [0.15, 0.2) is 0 Å². The number of aromatic nitrogens is 2. The quantitative estimate of drug-likeness (QED) is 0.837. The summed E-state index contributed by atoms with van der Waals surface area (Å²) in [5, 5.41) is 12.1. The van der Waals surface area contributed by atoms with Crippen molar-refractivity contribution in [3.05, 3.63) is 5.01 Å². The summed E-state index contributed by atoms with van der Waals surface area (Å²) in [6, 6.07) is 0. The van der Waals surface area contributed by atoms with Crippen molar-refractivity contribution in [3.63, 3.8) is 0 Å². The van der Waals surface area contributed by atoms with E-state index in [2.05, 4.69) is 29.4 Å². The van der Waals surface area contributed by atoms with Crippen molar-refractivity contribution in [3.8, 4) is 0 Å². The number of amides is 1. The lowest BCUT2D eigenvalue weighted by atomic mass is 10.2. The molecule has 1 amide bonds. The summed E-state index contributed by atoms with van der Waals surface area (Å²) in [6.45, 7) is 7.79. The molecule has 1 rings (SSSR count). The van der Waals surface area contributed by atoms with Crippen LogP contribution in [0.1, 0.15) is 38.6 Å². The molecule has 0 atom stereocenters. The highest BCUT2D eigenvalue weighted by Crippen LogP contribution is 2.22. The monoisotopic (exact) mass is 213 g/mol. The second-order valence-corrected chi connectivity index (χ2v) is 4.75. The third-order valence-electron chi connectivity index (χ3n) is 1.69. The molecule has 0 saturated heterocycles. The van der Waals surface area contributed by atoms with Crippen LogP contribution in [0, 0.1) is 5.92 Å². The van der Waals surface area contributed by atoms with Gasteiger partial charge in [-0.1, -0.05) is 39.0 Å². The fraction of sp³-hybridized carbons (Fsp3) is 0.667. The van der Waals surface area contributed by atoms with Gasteiger partial charge in [0.1, 0.15) is 5.01 Å². The van der Waals surface area contributed by atoms with Gasteiger partial charge in [-0.25, -0.2) is 0 Å². The van der Waals surface area contributed by atoms with Gasteiger partial charge in [-0.15, -0.1) is 10.2 Å². The number of rotatable bonds is 3. The minimum Gasteiger partial charge on any atom is -0.300 e. The van der Waals surface area contributed by atoms with Crippen LogP contribution in [0.25, 0.3) is 0 Å². The summed E-state index contributed by atoms with van der Waals surface area (Å²) in [6.07, 6.45) is 0. The van der Waals surface area contributed by atoms with Crippen molar-refractivity contribution in [2.75, 3.05) is 5.32 Å². The Kier molecular flexibility index (Phi) is 3.57. The maximum Gasteiger partial charge on any atom is 0.228 e. The van der Waals surface area contributed by atoms with Crippen molar-refractivity contribution in [1.29, 1.82) is 0 Å². The maximum absolute atomic E-state index is 11.3. The summed E-state index contributed by atoms with van der Waals surface area (Å²) in [7, 11) is 0. The third-order valence-corrected chi connectivity index (χ3v) is 2.83. The first kappa shape index (κ1) is 11.1. The summed E-state index contributed by atoms with van der Waals surface area (Å²) >= 11 is 1.43. The second kappa shape index (κ2) is 4.50. The average Bonchev–Trinajstić information content (AvgIpc) is 2.52. The zero-order valence-electron chi connectivity index (χ0n) is 8.87. The van der Waals surface area contributed by atoms with Crippen LogP contribution in [-0.4, -0.2) is 16.1 Å². The van der Waals surface area contributed by atoms with Crippen molar-refractivity contribution < 1.29 is 4.79 Å². The number of anilines is 1. The van der Waals surface area contributed by atoms with E-state index in [1.165, 1.54) is 11.3 Å². The highest BCUT2D eigenvalue weighted by Gasteiger charge is 2.12. The SMILES string of the molecule is CC(C)C(=O)Nc1nnc(C(C)C)s1. The van der Waals surface area contributed by atoms with Crippen LogP contribution in [0.4, 0.5) is 5.13 Å². The molecule has 0 fully saturated rings. The summed E-state index contributed by atoms with van der Waals surface area (Å²) in [5.41, 5.74) is 0. The van der Waals surface area contributed by atoms with Crippen LogP contribution in [0.3, 0.4) is 0 Å². The molecule has 14 heavy (non-hydrogen) atoms. The zero-order chi connectivity index (χ0) is 10.7. The Hall–Kier alpha value is -0.970. The molecular weight excluding hydrogens is 198 g/mol. The average molecular weight is 213 g/mol. The molecule has 0 unspecified atom stereocenters. The molecule has 1 N–H and O–H groups in total. The van der Waals surface area contributed by atoms with E-state index in [0.717, 1.165) is 5.01 Å². The predicted octanol–water partition coefficient (Wildman–Crippen LogP) is 2.26. The molecule has 1 heterocycles. The van der Waals surface area contributed by atoms with Crippen molar-refractivity contribution in [1.82, 2.24) is 10.2 Å². The Labute approximate surface area is 87.7 Å². The van der Waals surface area contributed by atoms with E-state index in [9.17, 15) is 4.79 Å². The lowest BCUT2D eigenvalue weighted by Crippen LogP contribution is -2.17. The van der Waals surface area contributed by atoms with Crippen LogP contribution in [-0.2, 0) is 4.79 Å². The largest absolute Gasteiger partial charge is 0.300 e. The van der Waals surface area contributed by atoms with Crippen LogP contribution >= 0.6 is 11.3 Å². The first-order valence-corrected chi connectivity index (χ1v) is 5.46. The zero-order valence-corrected chi connectivity index (χ0v) is 9.68. The molecule has 0 aromatic carbocycles. The fourth-order valence-corrected chi connectivity index (χ4v) is 1.52. The number of carbonyl (C=O) groups is 1. The minimum absolute atomic E-state index is 0.0172. The third kappa shape index (κ3) is 2.77. The van der Waals surface area contributed by atoms with E-state index in [1.54, 1.807) is 0 Å². The number of nitrogens with one attached hydrogen (secondary N) is 1. The maximum atomic E-state index is 11.3. The van der Waals surface area contributed by atoms with Crippen molar-refractivity contribution in [2.45, 2.75) is 33.6 Å².